The molecule has 192 valence electrons. The zero-order valence-corrected chi connectivity index (χ0v) is 22.0. The van der Waals surface area contributed by atoms with Crippen molar-refractivity contribution >= 4 is 44.4 Å². The van der Waals surface area contributed by atoms with Gasteiger partial charge in [0.1, 0.15) is 23.7 Å². The number of nitrogens with one attached hydrogen (secondary N) is 2. The summed E-state index contributed by atoms with van der Waals surface area (Å²) in [4.78, 5) is 24.2. The molecule has 0 spiro atoms. The molecule has 2 saturated heterocycles. The van der Waals surface area contributed by atoms with Crippen molar-refractivity contribution in [1.82, 2.24) is 14.9 Å². The third-order valence-electron chi connectivity index (χ3n) is 7.32. The van der Waals surface area contributed by atoms with Crippen molar-refractivity contribution in [3.05, 3.63) is 42.0 Å². The SMILES string of the molecule is CC(C)(C)[N+]1(C(=O)O)CC[C@H](Nc2cc(CN3CCOCC3)cc(Nc3nc4ccccc4s3)n2)C1. The molecule has 0 radical (unpaired) electrons. The van der Waals surface area contributed by atoms with E-state index in [0.29, 0.717) is 13.1 Å². The van der Waals surface area contributed by atoms with Gasteiger partial charge in [-0.05, 0) is 50.6 Å². The van der Waals surface area contributed by atoms with Crippen LogP contribution in [0.2, 0.25) is 0 Å². The maximum Gasteiger partial charge on any atom is 0.514 e. The monoisotopic (exact) mass is 511 g/mol. The predicted octanol–water partition coefficient (Wildman–Crippen LogP) is 4.74. The van der Waals surface area contributed by atoms with Crippen LogP contribution in [0.4, 0.5) is 21.6 Å². The van der Waals surface area contributed by atoms with Crippen LogP contribution in [0.5, 0.6) is 0 Å². The van der Waals surface area contributed by atoms with E-state index in [1.807, 2.05) is 39.0 Å². The molecule has 2 aliphatic heterocycles. The Morgan fingerprint density at radius 3 is 2.64 bits per heavy atom. The van der Waals surface area contributed by atoms with E-state index in [0.717, 1.165) is 71.8 Å². The molecule has 3 N–H and O–H groups in total. The zero-order valence-electron chi connectivity index (χ0n) is 21.2. The Balaban J connectivity index is 1.39. The minimum atomic E-state index is -0.765. The minimum absolute atomic E-state index is 0.0294. The minimum Gasteiger partial charge on any atom is -0.435 e. The van der Waals surface area contributed by atoms with Gasteiger partial charge in [-0.3, -0.25) is 4.90 Å². The largest absolute Gasteiger partial charge is 0.514 e. The highest BCUT2D eigenvalue weighted by Crippen LogP contribution is 2.34. The number of nitrogens with zero attached hydrogens (tertiary/aromatic N) is 4. The van der Waals surface area contributed by atoms with Crippen LogP contribution in [-0.4, -0.2) is 81.5 Å². The topological polar surface area (TPSA) is 99.6 Å². The van der Waals surface area contributed by atoms with Crippen molar-refractivity contribution in [3.63, 3.8) is 0 Å². The second-order valence-corrected chi connectivity index (χ2v) is 11.7. The van der Waals surface area contributed by atoms with Crippen LogP contribution < -0.4 is 10.6 Å². The number of aromatic nitrogens is 2. The van der Waals surface area contributed by atoms with Crippen molar-refractivity contribution in [3.8, 4) is 0 Å². The highest BCUT2D eigenvalue weighted by molar-refractivity contribution is 7.22. The fraction of sp³-hybridized carbons (Fsp3) is 0.500. The lowest BCUT2D eigenvalue weighted by Crippen LogP contribution is -2.62. The van der Waals surface area contributed by atoms with E-state index in [1.165, 1.54) is 0 Å². The molecule has 10 heteroatoms. The van der Waals surface area contributed by atoms with Crippen LogP contribution in [0, 0.1) is 0 Å². The maximum absolute atomic E-state index is 12.3. The molecule has 0 bridgehead atoms. The molecule has 3 aromatic rings. The highest BCUT2D eigenvalue weighted by atomic mass is 32.1. The molecule has 0 saturated carbocycles. The fourth-order valence-corrected chi connectivity index (χ4v) is 6.07. The number of ether oxygens (including phenoxy) is 1. The Labute approximate surface area is 215 Å². The van der Waals surface area contributed by atoms with Crippen LogP contribution in [0.3, 0.4) is 0 Å². The first kappa shape index (κ1) is 24.9. The number of carboxylic acid groups (broad SMARTS) is 1. The van der Waals surface area contributed by atoms with E-state index in [4.69, 9.17) is 14.7 Å². The van der Waals surface area contributed by atoms with E-state index in [9.17, 15) is 9.90 Å². The van der Waals surface area contributed by atoms with E-state index in [2.05, 4.69) is 33.7 Å². The van der Waals surface area contributed by atoms with E-state index in [1.54, 1.807) is 11.3 Å². The smallest absolute Gasteiger partial charge is 0.435 e. The summed E-state index contributed by atoms with van der Waals surface area (Å²) in [5.41, 5.74) is 1.72. The molecule has 2 fully saturated rings. The summed E-state index contributed by atoms with van der Waals surface area (Å²) < 4.78 is 6.69. The van der Waals surface area contributed by atoms with Gasteiger partial charge in [0.15, 0.2) is 5.13 Å². The number of quaternary nitrogens is 1. The number of fused-ring (bicyclic) bond motifs is 1. The molecule has 0 aliphatic carbocycles. The van der Waals surface area contributed by atoms with Crippen LogP contribution in [0.25, 0.3) is 10.2 Å². The number of hydrogen-bond acceptors (Lipinski definition) is 8. The predicted molar refractivity (Wildman–Crippen MR) is 143 cm³/mol. The second kappa shape index (κ2) is 9.93. The second-order valence-electron chi connectivity index (χ2n) is 10.7. The number of carbonyl (C=O) groups is 1. The van der Waals surface area contributed by atoms with Gasteiger partial charge < -0.3 is 20.5 Å². The summed E-state index contributed by atoms with van der Waals surface area (Å²) in [5, 5.41) is 17.8. The number of benzene rings is 1. The van der Waals surface area contributed by atoms with Crippen LogP contribution in [-0.2, 0) is 11.3 Å². The van der Waals surface area contributed by atoms with Crippen molar-refractivity contribution in [2.45, 2.75) is 45.3 Å². The number of anilines is 3. The Morgan fingerprint density at radius 2 is 1.94 bits per heavy atom. The van der Waals surface area contributed by atoms with Crippen LogP contribution >= 0.6 is 11.3 Å². The molecule has 2 aliphatic rings. The number of amides is 1. The zero-order chi connectivity index (χ0) is 25.3. The highest BCUT2D eigenvalue weighted by Gasteiger charge is 2.53. The number of pyridine rings is 1. The summed E-state index contributed by atoms with van der Waals surface area (Å²) in [7, 11) is 0. The number of morpholine rings is 1. The normalized spacial score (nSPS) is 23.1. The van der Waals surface area contributed by atoms with Gasteiger partial charge in [-0.2, -0.15) is 4.79 Å². The number of thiazole rings is 1. The molecule has 1 amide bonds. The van der Waals surface area contributed by atoms with Gasteiger partial charge in [0, 0.05) is 26.1 Å². The fourth-order valence-electron chi connectivity index (χ4n) is 5.20. The van der Waals surface area contributed by atoms with Gasteiger partial charge in [-0.1, -0.05) is 23.5 Å². The lowest BCUT2D eigenvalue weighted by molar-refractivity contribution is -0.892. The third kappa shape index (κ3) is 5.17. The van der Waals surface area contributed by atoms with Crippen molar-refractivity contribution in [2.75, 3.05) is 50.0 Å². The van der Waals surface area contributed by atoms with Crippen molar-refractivity contribution in [2.24, 2.45) is 0 Å². The lowest BCUT2D eigenvalue weighted by atomic mass is 10.0. The first-order valence-electron chi connectivity index (χ1n) is 12.5. The maximum atomic E-state index is 12.3. The average Bonchev–Trinajstić information content (AvgIpc) is 3.44. The van der Waals surface area contributed by atoms with Crippen LogP contribution in [0.1, 0.15) is 32.8 Å². The molecule has 5 rings (SSSR count). The summed E-state index contributed by atoms with van der Waals surface area (Å²) in [5.74, 6) is 1.49. The molecular weight excluding hydrogens is 476 g/mol. The quantitative estimate of drug-likeness (QED) is 0.408. The summed E-state index contributed by atoms with van der Waals surface area (Å²) in [6.45, 7) is 11.2. The Hall–Kier alpha value is -2.79. The Kier molecular flexibility index (Phi) is 6.86. The van der Waals surface area contributed by atoms with Crippen molar-refractivity contribution in [1.29, 1.82) is 0 Å². The molecule has 4 heterocycles. The van der Waals surface area contributed by atoms with Gasteiger partial charge in [-0.15, -0.1) is 0 Å². The summed E-state index contributed by atoms with van der Waals surface area (Å²) >= 11 is 1.60. The molecule has 2 atom stereocenters. The van der Waals surface area contributed by atoms with Crippen LogP contribution in [0.15, 0.2) is 36.4 Å². The van der Waals surface area contributed by atoms with Crippen molar-refractivity contribution < 1.29 is 19.1 Å². The number of hydrogen-bond donors (Lipinski definition) is 3. The molecule has 9 nitrogen and oxygen atoms in total. The summed E-state index contributed by atoms with van der Waals surface area (Å²) in [6.07, 6.45) is 0.0126. The number of rotatable bonds is 6. The molecule has 36 heavy (non-hydrogen) atoms. The van der Waals surface area contributed by atoms with Gasteiger partial charge in [0.2, 0.25) is 0 Å². The molecule has 1 aromatic carbocycles. The van der Waals surface area contributed by atoms with E-state index >= 15 is 0 Å². The average molecular weight is 512 g/mol. The molecule has 2 aromatic heterocycles. The van der Waals surface area contributed by atoms with Gasteiger partial charge >= 0.3 is 6.09 Å². The molecular formula is C26H35N6O3S+. The standard InChI is InChI=1S/C26H34N6O3S/c1-26(2,3)32(25(33)34)11-8-19(17-32)27-22-14-18(16-31-9-12-35-13-10-31)15-23(29-22)30-24-28-20-6-4-5-7-21(20)36-24/h4-7,14-15,19H,8-13,16-17H2,1-3H3,(H2-,27,28,29,30,33,34)/p+1/t19-,32?/m0/s1. The third-order valence-corrected chi connectivity index (χ3v) is 8.27. The molecule has 1 unspecified atom stereocenters. The van der Waals surface area contributed by atoms with E-state index < -0.39 is 6.09 Å². The first-order chi connectivity index (χ1) is 17.2. The van der Waals surface area contributed by atoms with Gasteiger partial charge in [0.05, 0.1) is 36.0 Å². The first-order valence-corrected chi connectivity index (χ1v) is 13.3. The van der Waals surface area contributed by atoms with Gasteiger partial charge in [0.25, 0.3) is 0 Å². The summed E-state index contributed by atoms with van der Waals surface area (Å²) in [6, 6.07) is 12.3. The lowest BCUT2D eigenvalue weighted by Gasteiger charge is -2.40. The Bertz CT molecular complexity index is 1200. The Morgan fingerprint density at radius 1 is 1.19 bits per heavy atom. The number of para-hydroxylation sites is 1. The van der Waals surface area contributed by atoms with Gasteiger partial charge in [-0.25, -0.2) is 14.5 Å². The number of likely N-dealkylation sites (tertiary alicyclic amines) is 1. The van der Waals surface area contributed by atoms with E-state index in [-0.39, 0.29) is 16.1 Å².